The van der Waals surface area contributed by atoms with E-state index in [2.05, 4.69) is 6.92 Å². The molecule has 5 heteroatoms. The number of carbonyl (C=O) groups is 2. The zero-order valence-corrected chi connectivity index (χ0v) is 12.3. The molecule has 1 fully saturated rings. The molecule has 0 radical (unpaired) electrons. The number of amides is 2. The van der Waals surface area contributed by atoms with Crippen molar-refractivity contribution >= 4 is 12.0 Å². The van der Waals surface area contributed by atoms with Crippen LogP contribution in [0.25, 0.3) is 0 Å². The SMILES string of the molecule is CCCCN(C)C(=O)N1CCCC1(CCC)C(=O)O. The molecule has 1 rings (SSSR count). The number of hydrogen-bond donors (Lipinski definition) is 1. The van der Waals surface area contributed by atoms with Crippen molar-refractivity contribution in [2.45, 2.75) is 57.9 Å². The molecule has 1 unspecified atom stereocenters. The summed E-state index contributed by atoms with van der Waals surface area (Å²) in [6.45, 7) is 5.29. The van der Waals surface area contributed by atoms with Crippen molar-refractivity contribution in [3.63, 3.8) is 0 Å². The van der Waals surface area contributed by atoms with E-state index in [1.165, 1.54) is 0 Å². The molecule has 1 atom stereocenters. The monoisotopic (exact) mass is 270 g/mol. The Morgan fingerprint density at radius 3 is 2.53 bits per heavy atom. The zero-order chi connectivity index (χ0) is 14.5. The van der Waals surface area contributed by atoms with E-state index in [1.807, 2.05) is 6.92 Å². The predicted octanol–water partition coefficient (Wildman–Crippen LogP) is 2.56. The molecule has 0 aromatic rings. The lowest BCUT2D eigenvalue weighted by molar-refractivity contribution is -0.148. The van der Waals surface area contributed by atoms with Crippen LogP contribution in [-0.2, 0) is 4.79 Å². The lowest BCUT2D eigenvalue weighted by Gasteiger charge is -2.37. The Morgan fingerprint density at radius 2 is 2.00 bits per heavy atom. The summed E-state index contributed by atoms with van der Waals surface area (Å²) in [5.74, 6) is -0.857. The molecule has 2 amide bonds. The van der Waals surface area contributed by atoms with E-state index in [0.29, 0.717) is 25.9 Å². The summed E-state index contributed by atoms with van der Waals surface area (Å²) in [6, 6.07) is -0.137. The van der Waals surface area contributed by atoms with Gasteiger partial charge in [0.15, 0.2) is 0 Å². The second-order valence-electron chi connectivity index (χ2n) is 5.40. The number of nitrogens with zero attached hydrogens (tertiary/aromatic N) is 2. The third-order valence-corrected chi connectivity index (χ3v) is 3.95. The van der Waals surface area contributed by atoms with Crippen molar-refractivity contribution in [2.75, 3.05) is 20.1 Å². The smallest absolute Gasteiger partial charge is 0.329 e. The summed E-state index contributed by atoms with van der Waals surface area (Å²) < 4.78 is 0. The topological polar surface area (TPSA) is 60.9 Å². The number of likely N-dealkylation sites (tertiary alicyclic amines) is 1. The number of unbranched alkanes of at least 4 members (excludes halogenated alkanes) is 1. The molecule has 1 N–H and O–H groups in total. The van der Waals surface area contributed by atoms with Crippen LogP contribution in [0.2, 0.25) is 0 Å². The summed E-state index contributed by atoms with van der Waals surface area (Å²) in [7, 11) is 1.76. The summed E-state index contributed by atoms with van der Waals surface area (Å²) in [5.41, 5.74) is -0.980. The molecule has 0 bridgehead atoms. The Labute approximate surface area is 115 Å². The van der Waals surface area contributed by atoms with E-state index in [0.717, 1.165) is 25.7 Å². The van der Waals surface area contributed by atoms with Crippen molar-refractivity contribution in [2.24, 2.45) is 0 Å². The molecule has 5 nitrogen and oxygen atoms in total. The molecule has 1 saturated heterocycles. The maximum Gasteiger partial charge on any atom is 0.329 e. The average Bonchev–Trinajstić information content (AvgIpc) is 2.80. The van der Waals surface area contributed by atoms with Crippen LogP contribution in [0.4, 0.5) is 4.79 Å². The van der Waals surface area contributed by atoms with Gasteiger partial charge in [-0.3, -0.25) is 0 Å². The van der Waals surface area contributed by atoms with Gasteiger partial charge in [0.25, 0.3) is 0 Å². The molecular formula is C14H26N2O3. The third kappa shape index (κ3) is 3.19. The highest BCUT2D eigenvalue weighted by Gasteiger charge is 2.49. The van der Waals surface area contributed by atoms with Gasteiger partial charge in [0.05, 0.1) is 0 Å². The third-order valence-electron chi connectivity index (χ3n) is 3.95. The molecular weight excluding hydrogens is 244 g/mol. The zero-order valence-electron chi connectivity index (χ0n) is 12.3. The van der Waals surface area contributed by atoms with Crippen LogP contribution < -0.4 is 0 Å². The number of carbonyl (C=O) groups excluding carboxylic acids is 1. The highest BCUT2D eigenvalue weighted by atomic mass is 16.4. The minimum Gasteiger partial charge on any atom is -0.479 e. The van der Waals surface area contributed by atoms with Crippen molar-refractivity contribution in [3.8, 4) is 0 Å². The quantitative estimate of drug-likeness (QED) is 0.807. The van der Waals surface area contributed by atoms with Crippen LogP contribution in [-0.4, -0.2) is 52.6 Å². The van der Waals surface area contributed by atoms with Gasteiger partial charge >= 0.3 is 12.0 Å². The van der Waals surface area contributed by atoms with Gasteiger partial charge in [-0.1, -0.05) is 26.7 Å². The Hall–Kier alpha value is -1.26. The maximum absolute atomic E-state index is 12.4. The number of carboxylic acid groups (broad SMARTS) is 1. The van der Waals surface area contributed by atoms with Crippen LogP contribution in [0.15, 0.2) is 0 Å². The van der Waals surface area contributed by atoms with Crippen LogP contribution in [0.1, 0.15) is 52.4 Å². The van der Waals surface area contributed by atoms with Crippen LogP contribution in [0.5, 0.6) is 0 Å². The van der Waals surface area contributed by atoms with E-state index in [1.54, 1.807) is 16.8 Å². The first-order valence-electron chi connectivity index (χ1n) is 7.25. The second kappa shape index (κ2) is 6.78. The van der Waals surface area contributed by atoms with Crippen LogP contribution in [0.3, 0.4) is 0 Å². The molecule has 1 heterocycles. The fourth-order valence-electron chi connectivity index (χ4n) is 2.86. The Balaban J connectivity index is 2.84. The van der Waals surface area contributed by atoms with E-state index in [-0.39, 0.29) is 6.03 Å². The van der Waals surface area contributed by atoms with Gasteiger partial charge in [-0.2, -0.15) is 0 Å². The molecule has 0 saturated carbocycles. The summed E-state index contributed by atoms with van der Waals surface area (Å²) in [4.78, 5) is 27.3. The van der Waals surface area contributed by atoms with Crippen LogP contribution >= 0.6 is 0 Å². The van der Waals surface area contributed by atoms with Crippen molar-refractivity contribution < 1.29 is 14.7 Å². The predicted molar refractivity (Wildman–Crippen MR) is 74.1 cm³/mol. The van der Waals surface area contributed by atoms with E-state index < -0.39 is 11.5 Å². The fraction of sp³-hybridized carbons (Fsp3) is 0.857. The molecule has 19 heavy (non-hydrogen) atoms. The highest BCUT2D eigenvalue weighted by Crippen LogP contribution is 2.34. The number of aliphatic carboxylic acids is 1. The fourth-order valence-corrected chi connectivity index (χ4v) is 2.86. The number of hydrogen-bond acceptors (Lipinski definition) is 2. The first-order valence-corrected chi connectivity index (χ1v) is 7.25. The number of rotatable bonds is 6. The van der Waals surface area contributed by atoms with Gasteiger partial charge < -0.3 is 14.9 Å². The molecule has 0 aliphatic carbocycles. The molecule has 1 aliphatic rings. The molecule has 110 valence electrons. The van der Waals surface area contributed by atoms with E-state index in [9.17, 15) is 14.7 Å². The Morgan fingerprint density at radius 1 is 1.32 bits per heavy atom. The first-order chi connectivity index (χ1) is 8.99. The molecule has 0 aromatic heterocycles. The maximum atomic E-state index is 12.4. The van der Waals surface area contributed by atoms with Crippen molar-refractivity contribution in [1.82, 2.24) is 9.80 Å². The minimum atomic E-state index is -0.980. The average molecular weight is 270 g/mol. The van der Waals surface area contributed by atoms with E-state index in [4.69, 9.17) is 0 Å². The Bertz CT molecular complexity index is 333. The summed E-state index contributed by atoms with van der Waals surface area (Å²) in [5, 5.41) is 9.56. The molecule has 1 aliphatic heterocycles. The Kier molecular flexibility index (Phi) is 5.63. The summed E-state index contributed by atoms with van der Waals surface area (Å²) >= 11 is 0. The highest BCUT2D eigenvalue weighted by molar-refractivity contribution is 5.87. The standard InChI is InChI=1S/C14H26N2O3/c1-4-6-10-15(3)13(19)16-11-7-9-14(16,8-5-2)12(17)18/h4-11H2,1-3H3,(H,17,18). The van der Waals surface area contributed by atoms with Gasteiger partial charge in [0.2, 0.25) is 0 Å². The first kappa shape index (κ1) is 15.8. The van der Waals surface area contributed by atoms with Crippen molar-refractivity contribution in [3.05, 3.63) is 0 Å². The summed E-state index contributed by atoms with van der Waals surface area (Å²) in [6.07, 6.45) is 4.63. The lowest BCUT2D eigenvalue weighted by atomic mass is 9.91. The van der Waals surface area contributed by atoms with Gasteiger partial charge in [-0.15, -0.1) is 0 Å². The minimum absolute atomic E-state index is 0.137. The molecule has 0 aromatic carbocycles. The van der Waals surface area contributed by atoms with Gasteiger partial charge in [-0.25, -0.2) is 9.59 Å². The lowest BCUT2D eigenvalue weighted by Crippen LogP contribution is -2.56. The van der Waals surface area contributed by atoms with Gasteiger partial charge in [-0.05, 0) is 25.7 Å². The van der Waals surface area contributed by atoms with Gasteiger partial charge in [0, 0.05) is 20.1 Å². The van der Waals surface area contributed by atoms with E-state index >= 15 is 0 Å². The number of carboxylic acids is 1. The largest absolute Gasteiger partial charge is 0.479 e. The van der Waals surface area contributed by atoms with Crippen molar-refractivity contribution in [1.29, 1.82) is 0 Å². The van der Waals surface area contributed by atoms with Gasteiger partial charge in [0.1, 0.15) is 5.54 Å². The number of urea groups is 1. The normalized spacial score (nSPS) is 22.6. The van der Waals surface area contributed by atoms with Crippen LogP contribution in [0, 0.1) is 0 Å². The molecule has 0 spiro atoms. The second-order valence-corrected chi connectivity index (χ2v) is 5.40.